The molecule has 2 atom stereocenters. The molecule has 4 aromatic rings. The van der Waals surface area contributed by atoms with Crippen LogP contribution in [0.1, 0.15) is 51.4 Å². The Hall–Kier alpha value is -3.44. The second kappa shape index (κ2) is 9.07. The largest absolute Gasteiger partial charge is 0.352 e. The number of aromatic nitrogens is 2. The summed E-state index contributed by atoms with van der Waals surface area (Å²) in [5.74, 6) is 0. The summed E-state index contributed by atoms with van der Waals surface area (Å²) in [4.78, 5) is 7.02. The third-order valence-corrected chi connectivity index (χ3v) is 7.20. The molecule has 2 aromatic heterocycles. The predicted octanol–water partition coefficient (Wildman–Crippen LogP) is 6.28. The monoisotopic (exact) mass is 466 g/mol. The molecule has 1 fully saturated rings. The molecular weight excluding hydrogens is 436 g/mol. The lowest BCUT2D eigenvalue weighted by Gasteiger charge is -2.28. The van der Waals surface area contributed by atoms with E-state index in [2.05, 4.69) is 103 Å². The number of benzene rings is 2. The first-order chi connectivity index (χ1) is 16.5. The van der Waals surface area contributed by atoms with Gasteiger partial charge in [-0.05, 0) is 80.4 Å². The molecule has 1 aliphatic heterocycles. The van der Waals surface area contributed by atoms with Crippen LogP contribution < -0.4 is 5.32 Å². The van der Waals surface area contributed by atoms with Gasteiger partial charge in [-0.2, -0.15) is 0 Å². The minimum atomic E-state index is -0.0238. The van der Waals surface area contributed by atoms with Crippen LogP contribution in [0.4, 0.5) is 0 Å². The number of para-hydroxylation sites is 1. The van der Waals surface area contributed by atoms with Gasteiger partial charge in [0.2, 0.25) is 0 Å². The molecule has 4 nitrogen and oxygen atoms in total. The second-order valence-electron chi connectivity index (χ2n) is 9.14. The summed E-state index contributed by atoms with van der Waals surface area (Å²) in [6.07, 6.45) is 1.86. The van der Waals surface area contributed by atoms with E-state index in [0.29, 0.717) is 0 Å². The lowest BCUT2D eigenvalue weighted by Crippen LogP contribution is -2.29. The Balaban J connectivity index is 1.65. The van der Waals surface area contributed by atoms with E-state index in [1.807, 2.05) is 18.3 Å². The Labute approximate surface area is 207 Å². The van der Waals surface area contributed by atoms with Crippen LogP contribution in [0, 0.1) is 27.7 Å². The van der Waals surface area contributed by atoms with Gasteiger partial charge in [0.1, 0.15) is 0 Å². The van der Waals surface area contributed by atoms with E-state index in [-0.39, 0.29) is 12.1 Å². The molecule has 1 aliphatic rings. The molecule has 0 saturated carbocycles. The molecule has 0 bridgehead atoms. The van der Waals surface area contributed by atoms with E-state index in [9.17, 15) is 0 Å². The van der Waals surface area contributed by atoms with Crippen LogP contribution >= 0.6 is 12.2 Å². The minimum absolute atomic E-state index is 0.0238. The van der Waals surface area contributed by atoms with Crippen LogP contribution in [-0.2, 0) is 6.54 Å². The maximum Gasteiger partial charge on any atom is 0.170 e. The van der Waals surface area contributed by atoms with Crippen molar-refractivity contribution in [2.75, 3.05) is 0 Å². The summed E-state index contributed by atoms with van der Waals surface area (Å²) in [7, 11) is 0. The first kappa shape index (κ1) is 22.4. The van der Waals surface area contributed by atoms with E-state index < -0.39 is 0 Å². The average Bonchev–Trinajstić information content (AvgIpc) is 3.31. The van der Waals surface area contributed by atoms with Gasteiger partial charge >= 0.3 is 0 Å². The number of hydrogen-bond acceptors (Lipinski definition) is 2. The number of aryl methyl sites for hydroxylation is 3. The van der Waals surface area contributed by atoms with E-state index in [0.717, 1.165) is 17.4 Å². The highest BCUT2D eigenvalue weighted by Gasteiger charge is 2.41. The van der Waals surface area contributed by atoms with Crippen LogP contribution in [0.25, 0.3) is 5.69 Å². The molecular formula is C29H30N4S. The fourth-order valence-corrected chi connectivity index (χ4v) is 5.59. The molecule has 5 heteroatoms. The molecule has 1 N–H and O–H groups in total. The van der Waals surface area contributed by atoms with Crippen molar-refractivity contribution in [3.05, 3.63) is 118 Å². The Bertz CT molecular complexity index is 1310. The van der Waals surface area contributed by atoms with Gasteiger partial charge in [0, 0.05) is 24.1 Å². The highest BCUT2D eigenvalue weighted by Crippen LogP contribution is 2.42. The van der Waals surface area contributed by atoms with E-state index in [1.54, 1.807) is 0 Å². The SMILES string of the molecule is Cc1cccc(C)c1-n1c(C)cc(C2C(c3ccccn3)NC(=S)N2Cc2ccccc2)c1C. The number of nitrogens with zero attached hydrogens (tertiary/aromatic N) is 3. The zero-order valence-electron chi connectivity index (χ0n) is 20.1. The van der Waals surface area contributed by atoms with E-state index in [4.69, 9.17) is 17.2 Å². The standard InChI is InChI=1S/C29H30N4S/c1-19-11-10-12-20(2)27(19)33-21(3)17-24(22(33)4)28-26(25-15-8-9-16-30-25)31-29(34)32(28)18-23-13-6-5-7-14-23/h5-17,26,28H,18H2,1-4H3,(H,31,34). The van der Waals surface area contributed by atoms with Gasteiger partial charge in [-0.25, -0.2) is 0 Å². The molecule has 2 aromatic carbocycles. The first-order valence-corrected chi connectivity index (χ1v) is 12.1. The topological polar surface area (TPSA) is 33.1 Å². The van der Waals surface area contributed by atoms with Gasteiger partial charge in [0.05, 0.1) is 23.5 Å². The number of pyridine rings is 1. The quantitative estimate of drug-likeness (QED) is 0.351. The Morgan fingerprint density at radius 1 is 0.882 bits per heavy atom. The van der Waals surface area contributed by atoms with Crippen LogP contribution in [0.2, 0.25) is 0 Å². The number of hydrogen-bond donors (Lipinski definition) is 1. The zero-order valence-corrected chi connectivity index (χ0v) is 20.9. The number of rotatable bonds is 5. The Kier molecular flexibility index (Phi) is 5.96. The molecule has 0 aliphatic carbocycles. The van der Waals surface area contributed by atoms with Crippen molar-refractivity contribution in [1.29, 1.82) is 0 Å². The molecule has 0 spiro atoms. The third kappa shape index (κ3) is 3.90. The van der Waals surface area contributed by atoms with Crippen LogP contribution in [0.3, 0.4) is 0 Å². The molecule has 0 amide bonds. The maximum absolute atomic E-state index is 5.89. The van der Waals surface area contributed by atoms with E-state index in [1.165, 1.54) is 39.3 Å². The minimum Gasteiger partial charge on any atom is -0.352 e. The summed E-state index contributed by atoms with van der Waals surface area (Å²) in [5, 5.41) is 4.36. The fourth-order valence-electron chi connectivity index (χ4n) is 5.28. The van der Waals surface area contributed by atoms with Gasteiger partial charge in [-0.3, -0.25) is 4.98 Å². The fraction of sp³-hybridized carbons (Fsp3) is 0.241. The van der Waals surface area contributed by atoms with Crippen LogP contribution in [0.5, 0.6) is 0 Å². The van der Waals surface area contributed by atoms with Crippen molar-refractivity contribution < 1.29 is 0 Å². The summed E-state index contributed by atoms with van der Waals surface area (Å²) < 4.78 is 2.40. The van der Waals surface area contributed by atoms with Gasteiger partial charge in [0.15, 0.2) is 5.11 Å². The molecule has 3 heterocycles. The van der Waals surface area contributed by atoms with Gasteiger partial charge in [0.25, 0.3) is 0 Å². The summed E-state index contributed by atoms with van der Waals surface area (Å²) >= 11 is 5.89. The summed E-state index contributed by atoms with van der Waals surface area (Å²) in [6.45, 7) is 9.54. The highest BCUT2D eigenvalue weighted by atomic mass is 32.1. The number of nitrogens with one attached hydrogen (secondary N) is 1. The maximum atomic E-state index is 5.89. The molecule has 2 unspecified atom stereocenters. The van der Waals surface area contributed by atoms with Crippen molar-refractivity contribution in [2.45, 2.75) is 46.3 Å². The summed E-state index contributed by atoms with van der Waals surface area (Å²) in [6, 6.07) is 25.5. The summed E-state index contributed by atoms with van der Waals surface area (Å²) in [5.41, 5.74) is 9.80. The highest BCUT2D eigenvalue weighted by molar-refractivity contribution is 7.80. The molecule has 34 heavy (non-hydrogen) atoms. The molecule has 5 rings (SSSR count). The van der Waals surface area contributed by atoms with Crippen molar-refractivity contribution in [2.24, 2.45) is 0 Å². The first-order valence-electron chi connectivity index (χ1n) is 11.7. The second-order valence-corrected chi connectivity index (χ2v) is 9.53. The Morgan fingerprint density at radius 2 is 1.59 bits per heavy atom. The zero-order chi connectivity index (χ0) is 23.8. The predicted molar refractivity (Wildman–Crippen MR) is 142 cm³/mol. The van der Waals surface area contributed by atoms with Crippen LogP contribution in [0.15, 0.2) is 79.0 Å². The van der Waals surface area contributed by atoms with Crippen molar-refractivity contribution >= 4 is 17.3 Å². The van der Waals surface area contributed by atoms with Crippen LogP contribution in [-0.4, -0.2) is 19.6 Å². The van der Waals surface area contributed by atoms with Gasteiger partial charge in [-0.1, -0.05) is 54.6 Å². The molecule has 172 valence electrons. The van der Waals surface area contributed by atoms with Crippen molar-refractivity contribution in [3.63, 3.8) is 0 Å². The van der Waals surface area contributed by atoms with Crippen molar-refractivity contribution in [3.8, 4) is 5.69 Å². The molecule has 1 saturated heterocycles. The smallest absolute Gasteiger partial charge is 0.170 e. The van der Waals surface area contributed by atoms with Gasteiger partial charge in [-0.15, -0.1) is 0 Å². The third-order valence-electron chi connectivity index (χ3n) is 6.85. The van der Waals surface area contributed by atoms with Gasteiger partial charge < -0.3 is 14.8 Å². The Morgan fingerprint density at radius 3 is 2.26 bits per heavy atom. The lowest BCUT2D eigenvalue weighted by molar-refractivity contribution is 0.310. The lowest BCUT2D eigenvalue weighted by atomic mass is 9.96. The van der Waals surface area contributed by atoms with Crippen molar-refractivity contribution in [1.82, 2.24) is 19.8 Å². The molecule has 0 radical (unpaired) electrons. The average molecular weight is 467 g/mol. The van der Waals surface area contributed by atoms with E-state index >= 15 is 0 Å². The number of thiocarbonyl (C=S) groups is 1. The normalized spacial score (nSPS) is 17.8.